The maximum absolute atomic E-state index is 12.8. The molecule has 2 N–H and O–H groups in total. The number of ether oxygens (including phenoxy) is 1. The van der Waals surface area contributed by atoms with Gasteiger partial charge in [-0.15, -0.1) is 0 Å². The molecule has 1 aromatic carbocycles. The van der Waals surface area contributed by atoms with Crippen LogP contribution in [0.3, 0.4) is 0 Å². The number of pyridine rings is 1. The highest BCUT2D eigenvalue weighted by Crippen LogP contribution is 2.16. The SMILES string of the molecule is COCCCNC(=O)c1nc(C(=O)NC(C)c2ccccc2)c2ccccn12. The van der Waals surface area contributed by atoms with Gasteiger partial charge in [0, 0.05) is 26.5 Å². The molecule has 7 heteroatoms. The summed E-state index contributed by atoms with van der Waals surface area (Å²) in [7, 11) is 1.62. The van der Waals surface area contributed by atoms with Gasteiger partial charge in [-0.2, -0.15) is 0 Å². The molecule has 7 nitrogen and oxygen atoms in total. The van der Waals surface area contributed by atoms with Gasteiger partial charge in [0.2, 0.25) is 5.82 Å². The largest absolute Gasteiger partial charge is 0.385 e. The summed E-state index contributed by atoms with van der Waals surface area (Å²) < 4.78 is 6.62. The number of imidazole rings is 1. The molecule has 28 heavy (non-hydrogen) atoms. The second-order valence-electron chi connectivity index (χ2n) is 6.45. The van der Waals surface area contributed by atoms with E-state index >= 15 is 0 Å². The van der Waals surface area contributed by atoms with E-state index in [2.05, 4.69) is 15.6 Å². The fourth-order valence-electron chi connectivity index (χ4n) is 2.95. The Morgan fingerprint density at radius 3 is 2.61 bits per heavy atom. The number of rotatable bonds is 8. The standard InChI is InChI=1S/C21H24N4O3/c1-15(16-9-4-3-5-10-16)23-20(26)18-17-11-6-7-13-25(17)19(24-18)21(27)22-12-8-14-28-2/h3-7,9-11,13,15H,8,12,14H2,1-2H3,(H,22,27)(H,23,26). The Kier molecular flexibility index (Phi) is 6.39. The second-order valence-corrected chi connectivity index (χ2v) is 6.45. The Balaban J connectivity index is 1.81. The third kappa shape index (κ3) is 4.37. The molecular weight excluding hydrogens is 356 g/mol. The van der Waals surface area contributed by atoms with E-state index in [1.807, 2.05) is 43.3 Å². The lowest BCUT2D eigenvalue weighted by Crippen LogP contribution is -2.28. The van der Waals surface area contributed by atoms with Gasteiger partial charge in [-0.3, -0.25) is 14.0 Å². The molecule has 0 fully saturated rings. The first kappa shape index (κ1) is 19.6. The zero-order valence-corrected chi connectivity index (χ0v) is 16.0. The van der Waals surface area contributed by atoms with Crippen LogP contribution in [0, 0.1) is 0 Å². The maximum Gasteiger partial charge on any atom is 0.287 e. The minimum atomic E-state index is -0.326. The number of methoxy groups -OCH3 is 1. The van der Waals surface area contributed by atoms with Gasteiger partial charge in [-0.1, -0.05) is 36.4 Å². The minimum absolute atomic E-state index is 0.180. The van der Waals surface area contributed by atoms with Crippen LogP contribution in [0.2, 0.25) is 0 Å². The lowest BCUT2D eigenvalue weighted by Gasteiger charge is -2.13. The number of carbonyl (C=O) groups is 2. The fraction of sp³-hybridized carbons (Fsp3) is 0.286. The van der Waals surface area contributed by atoms with E-state index in [1.54, 1.807) is 29.8 Å². The van der Waals surface area contributed by atoms with E-state index in [9.17, 15) is 9.59 Å². The molecule has 0 spiro atoms. The fourth-order valence-corrected chi connectivity index (χ4v) is 2.95. The summed E-state index contributed by atoms with van der Waals surface area (Å²) in [5, 5.41) is 5.76. The van der Waals surface area contributed by atoms with E-state index in [0.717, 1.165) is 5.56 Å². The van der Waals surface area contributed by atoms with Crippen LogP contribution >= 0.6 is 0 Å². The van der Waals surface area contributed by atoms with E-state index in [4.69, 9.17) is 4.74 Å². The third-order valence-electron chi connectivity index (χ3n) is 4.42. The predicted octanol–water partition coefficient (Wildman–Crippen LogP) is 2.59. The van der Waals surface area contributed by atoms with Crippen molar-refractivity contribution in [2.45, 2.75) is 19.4 Å². The van der Waals surface area contributed by atoms with Gasteiger partial charge in [0.15, 0.2) is 5.69 Å². The zero-order valence-electron chi connectivity index (χ0n) is 16.0. The van der Waals surface area contributed by atoms with Crippen LogP contribution in [0.15, 0.2) is 54.7 Å². The lowest BCUT2D eigenvalue weighted by molar-refractivity contribution is 0.0936. The summed E-state index contributed by atoms with van der Waals surface area (Å²) >= 11 is 0. The van der Waals surface area contributed by atoms with Gasteiger partial charge < -0.3 is 15.4 Å². The number of aromatic nitrogens is 2. The van der Waals surface area contributed by atoms with Crippen LogP contribution in [0.1, 0.15) is 46.1 Å². The number of hydrogen-bond acceptors (Lipinski definition) is 4. The van der Waals surface area contributed by atoms with Crippen LogP contribution in [0.25, 0.3) is 5.52 Å². The van der Waals surface area contributed by atoms with Gasteiger partial charge in [-0.25, -0.2) is 4.98 Å². The second kappa shape index (κ2) is 9.14. The van der Waals surface area contributed by atoms with Crippen molar-refractivity contribution in [3.05, 3.63) is 71.8 Å². The quantitative estimate of drug-likeness (QED) is 0.588. The third-order valence-corrected chi connectivity index (χ3v) is 4.42. The number of amides is 2. The highest BCUT2D eigenvalue weighted by Gasteiger charge is 2.22. The van der Waals surface area contributed by atoms with E-state index < -0.39 is 0 Å². The van der Waals surface area contributed by atoms with Gasteiger partial charge >= 0.3 is 0 Å². The summed E-state index contributed by atoms with van der Waals surface area (Å²) in [5.41, 5.74) is 1.81. The van der Waals surface area contributed by atoms with Crippen molar-refractivity contribution in [3.8, 4) is 0 Å². The summed E-state index contributed by atoms with van der Waals surface area (Å²) in [5.74, 6) is -0.462. The summed E-state index contributed by atoms with van der Waals surface area (Å²) in [4.78, 5) is 29.7. The first-order chi connectivity index (χ1) is 13.6. The van der Waals surface area contributed by atoms with Crippen molar-refractivity contribution in [1.29, 1.82) is 0 Å². The Labute approximate surface area is 163 Å². The smallest absolute Gasteiger partial charge is 0.287 e. The average molecular weight is 380 g/mol. The minimum Gasteiger partial charge on any atom is -0.385 e. The highest BCUT2D eigenvalue weighted by molar-refractivity contribution is 6.02. The molecule has 0 aliphatic rings. The zero-order chi connectivity index (χ0) is 19.9. The van der Waals surface area contributed by atoms with E-state index in [1.165, 1.54) is 0 Å². The average Bonchev–Trinajstić information content (AvgIpc) is 3.11. The Bertz CT molecular complexity index is 953. The Morgan fingerprint density at radius 1 is 1.11 bits per heavy atom. The van der Waals surface area contributed by atoms with Crippen molar-refractivity contribution >= 4 is 17.3 Å². The molecular formula is C21H24N4O3. The van der Waals surface area contributed by atoms with E-state index in [0.29, 0.717) is 25.1 Å². The number of hydrogen-bond donors (Lipinski definition) is 2. The van der Waals surface area contributed by atoms with Crippen LogP contribution in [0.5, 0.6) is 0 Å². The van der Waals surface area contributed by atoms with Crippen LogP contribution < -0.4 is 10.6 Å². The van der Waals surface area contributed by atoms with Gasteiger partial charge in [0.05, 0.1) is 11.6 Å². The van der Waals surface area contributed by atoms with Crippen LogP contribution in [0.4, 0.5) is 0 Å². The van der Waals surface area contributed by atoms with Crippen LogP contribution in [-0.4, -0.2) is 41.5 Å². The van der Waals surface area contributed by atoms with Gasteiger partial charge in [0.25, 0.3) is 11.8 Å². The number of nitrogens with one attached hydrogen (secondary N) is 2. The molecule has 2 heterocycles. The van der Waals surface area contributed by atoms with Gasteiger partial charge in [-0.05, 0) is 31.0 Å². The normalized spacial score (nSPS) is 11.9. The molecule has 2 aromatic heterocycles. The Hall–Kier alpha value is -3.19. The maximum atomic E-state index is 12.8. The van der Waals surface area contributed by atoms with Gasteiger partial charge in [0.1, 0.15) is 0 Å². The van der Waals surface area contributed by atoms with Crippen LogP contribution in [-0.2, 0) is 4.74 Å². The van der Waals surface area contributed by atoms with Crippen molar-refractivity contribution in [1.82, 2.24) is 20.0 Å². The van der Waals surface area contributed by atoms with Crippen molar-refractivity contribution in [2.24, 2.45) is 0 Å². The monoisotopic (exact) mass is 380 g/mol. The summed E-state index contributed by atoms with van der Waals surface area (Å²) in [6.07, 6.45) is 2.43. The molecule has 3 aromatic rings. The number of carbonyl (C=O) groups excluding carboxylic acids is 2. The lowest BCUT2D eigenvalue weighted by atomic mass is 10.1. The number of fused-ring (bicyclic) bond motifs is 1. The first-order valence-electron chi connectivity index (χ1n) is 9.22. The first-order valence-corrected chi connectivity index (χ1v) is 9.22. The van der Waals surface area contributed by atoms with Crippen molar-refractivity contribution in [3.63, 3.8) is 0 Å². The molecule has 0 radical (unpaired) electrons. The number of nitrogens with zero attached hydrogens (tertiary/aromatic N) is 2. The molecule has 0 aliphatic carbocycles. The molecule has 3 rings (SSSR count). The Morgan fingerprint density at radius 2 is 1.86 bits per heavy atom. The number of benzene rings is 1. The van der Waals surface area contributed by atoms with E-state index in [-0.39, 0.29) is 29.4 Å². The topological polar surface area (TPSA) is 84.7 Å². The summed E-state index contributed by atoms with van der Waals surface area (Å²) in [6.45, 7) is 2.95. The summed E-state index contributed by atoms with van der Waals surface area (Å²) in [6, 6.07) is 14.9. The molecule has 146 valence electrons. The molecule has 1 unspecified atom stereocenters. The molecule has 1 atom stereocenters. The van der Waals surface area contributed by atoms with Crippen molar-refractivity contribution < 1.29 is 14.3 Å². The van der Waals surface area contributed by atoms with Crippen molar-refractivity contribution in [2.75, 3.05) is 20.3 Å². The predicted molar refractivity (Wildman–Crippen MR) is 106 cm³/mol. The molecule has 0 saturated carbocycles. The molecule has 0 aliphatic heterocycles. The molecule has 2 amide bonds. The highest BCUT2D eigenvalue weighted by atomic mass is 16.5. The molecule has 0 saturated heterocycles. The molecule has 0 bridgehead atoms.